The molecule has 0 aromatic carbocycles. The first-order chi connectivity index (χ1) is 11.5. The van der Waals surface area contributed by atoms with E-state index in [-0.39, 0.29) is 35.3 Å². The third-order valence-corrected chi connectivity index (χ3v) is 4.83. The van der Waals surface area contributed by atoms with E-state index in [1.807, 2.05) is 0 Å². The molecule has 0 bridgehead atoms. The third kappa shape index (κ3) is 24.4. The fraction of sp³-hybridized carbons (Fsp3) is 0.895. The number of aliphatic hydroxyl groups excluding tert-OH is 1. The zero-order valence-corrected chi connectivity index (χ0v) is 19.1. The van der Waals surface area contributed by atoms with Gasteiger partial charge in [0.2, 0.25) is 0 Å². The summed E-state index contributed by atoms with van der Waals surface area (Å²) in [6.45, 7) is 2.11. The summed E-state index contributed by atoms with van der Waals surface area (Å²) in [5, 5.41) is 9.58. The topological polar surface area (TPSA) is 77.4 Å². The van der Waals surface area contributed by atoms with Crippen LogP contribution in [-0.2, 0) is 10.1 Å². The Balaban J connectivity index is 0. The molecule has 0 aliphatic carbocycles. The van der Waals surface area contributed by atoms with Gasteiger partial charge in [0.05, 0.1) is 10.1 Å². The molecule has 0 aromatic rings. The molecule has 1 N–H and O–H groups in total. The first-order valence-corrected chi connectivity index (χ1v) is 11.1. The van der Waals surface area contributed by atoms with Gasteiger partial charge in [0.1, 0.15) is 6.10 Å². The summed E-state index contributed by atoms with van der Waals surface area (Å²) in [5.41, 5.74) is 0. The quantitative estimate of drug-likeness (QED) is 0.201. The van der Waals surface area contributed by atoms with Gasteiger partial charge in [-0.3, -0.25) is 0 Å². The van der Waals surface area contributed by atoms with Gasteiger partial charge in [0.15, 0.2) is 0 Å². The normalized spacial score (nSPS) is 12.1. The van der Waals surface area contributed by atoms with Crippen LogP contribution < -0.4 is 29.6 Å². The molecule has 0 fully saturated rings. The zero-order valence-electron chi connectivity index (χ0n) is 16.3. The summed E-state index contributed by atoms with van der Waals surface area (Å²) in [6.07, 6.45) is 14.0. The molecule has 4 nitrogen and oxygen atoms in total. The molecule has 25 heavy (non-hydrogen) atoms. The van der Waals surface area contributed by atoms with Gasteiger partial charge in [0, 0.05) is 12.2 Å². The average molecular weight is 383 g/mol. The van der Waals surface area contributed by atoms with Crippen LogP contribution in [0.2, 0.25) is 0 Å². The second-order valence-corrected chi connectivity index (χ2v) is 8.05. The van der Waals surface area contributed by atoms with E-state index in [2.05, 4.69) is 18.8 Å². The van der Waals surface area contributed by atoms with Gasteiger partial charge >= 0.3 is 29.6 Å². The van der Waals surface area contributed by atoms with Crippen LogP contribution in [0.3, 0.4) is 0 Å². The largest absolute Gasteiger partial charge is 1.00 e. The molecule has 0 spiro atoms. The van der Waals surface area contributed by atoms with Crippen LogP contribution in [0.1, 0.15) is 96.8 Å². The summed E-state index contributed by atoms with van der Waals surface area (Å²) < 4.78 is 31.3. The zero-order chi connectivity index (χ0) is 18.1. The Kier molecular flexibility index (Phi) is 21.2. The Labute approximate surface area is 177 Å². The van der Waals surface area contributed by atoms with Crippen LogP contribution in [0.15, 0.2) is 0 Å². The predicted octanol–water partition coefficient (Wildman–Crippen LogP) is 1.38. The van der Waals surface area contributed by atoms with Crippen LogP contribution in [0, 0.1) is 11.8 Å². The first kappa shape index (κ1) is 27.6. The minimum absolute atomic E-state index is 0. The van der Waals surface area contributed by atoms with Crippen molar-refractivity contribution in [3.8, 4) is 11.8 Å². The van der Waals surface area contributed by atoms with E-state index >= 15 is 0 Å². The van der Waals surface area contributed by atoms with E-state index < -0.39 is 16.2 Å². The maximum Gasteiger partial charge on any atom is 1.00 e. The standard InChI is InChI=1S/C19H36O4S.Na/c1-2-3-16-19(20)17-14-12-10-8-6-4-5-7-9-11-13-15-18-24(21,22)23;/h19-20H,2-13,15-16,18H2,1H3,(H,21,22,23);/q;+1/p-1/t19-;/m1./s1. The third-order valence-electron chi connectivity index (χ3n) is 4.05. The molecule has 1 atom stereocenters. The number of hydrogen-bond acceptors (Lipinski definition) is 4. The maximum atomic E-state index is 10.4. The number of unbranched alkanes of at least 4 members (excludes halogenated alkanes) is 11. The second kappa shape index (κ2) is 19.2. The number of aliphatic hydroxyl groups is 1. The van der Waals surface area contributed by atoms with Crippen molar-refractivity contribution in [1.29, 1.82) is 0 Å². The Bertz CT molecular complexity index is 440. The molecule has 6 heteroatoms. The Morgan fingerprint density at radius 3 is 1.84 bits per heavy atom. The Morgan fingerprint density at radius 1 is 0.880 bits per heavy atom. The van der Waals surface area contributed by atoms with Gasteiger partial charge in [-0.05, 0) is 19.3 Å². The maximum absolute atomic E-state index is 10.4. The van der Waals surface area contributed by atoms with Crippen molar-refractivity contribution in [3.63, 3.8) is 0 Å². The van der Waals surface area contributed by atoms with E-state index in [4.69, 9.17) is 0 Å². The van der Waals surface area contributed by atoms with Crippen molar-refractivity contribution < 1.29 is 47.6 Å². The summed E-state index contributed by atoms with van der Waals surface area (Å²) in [6, 6.07) is 0. The van der Waals surface area contributed by atoms with Gasteiger partial charge in [-0.25, -0.2) is 8.42 Å². The Morgan fingerprint density at radius 2 is 1.36 bits per heavy atom. The van der Waals surface area contributed by atoms with E-state index in [0.717, 1.165) is 51.4 Å². The van der Waals surface area contributed by atoms with Crippen LogP contribution in [0.5, 0.6) is 0 Å². The van der Waals surface area contributed by atoms with Crippen molar-refractivity contribution in [2.45, 2.75) is 103 Å². The van der Waals surface area contributed by atoms with Crippen LogP contribution in [0.4, 0.5) is 0 Å². The average Bonchev–Trinajstić information content (AvgIpc) is 2.52. The molecule has 0 saturated carbocycles. The van der Waals surface area contributed by atoms with Gasteiger partial charge < -0.3 is 9.66 Å². The Hall–Kier alpha value is 0.430. The molecule has 0 amide bonds. The predicted molar refractivity (Wildman–Crippen MR) is 98.7 cm³/mol. The molecule has 0 heterocycles. The molecule has 0 rings (SSSR count). The summed E-state index contributed by atoms with van der Waals surface area (Å²) in [5.74, 6) is 5.76. The van der Waals surface area contributed by atoms with Gasteiger partial charge in [-0.1, -0.05) is 77.1 Å². The van der Waals surface area contributed by atoms with E-state index in [0.29, 0.717) is 6.42 Å². The smallest absolute Gasteiger partial charge is 0.748 e. The number of hydrogen-bond donors (Lipinski definition) is 1. The van der Waals surface area contributed by atoms with Gasteiger partial charge in [-0.15, -0.1) is 5.92 Å². The van der Waals surface area contributed by atoms with Crippen LogP contribution in [0.25, 0.3) is 0 Å². The van der Waals surface area contributed by atoms with E-state index in [9.17, 15) is 18.1 Å². The summed E-state index contributed by atoms with van der Waals surface area (Å²) in [4.78, 5) is 0. The van der Waals surface area contributed by atoms with Crippen molar-refractivity contribution in [2.24, 2.45) is 0 Å². The molecule has 0 radical (unpaired) electrons. The fourth-order valence-corrected chi connectivity index (χ4v) is 3.12. The molecule has 0 unspecified atom stereocenters. The van der Waals surface area contributed by atoms with Crippen molar-refractivity contribution in [3.05, 3.63) is 0 Å². The molecule has 0 aliphatic heterocycles. The van der Waals surface area contributed by atoms with Crippen LogP contribution >= 0.6 is 0 Å². The molecule has 0 aliphatic rings. The van der Waals surface area contributed by atoms with E-state index in [1.54, 1.807) is 0 Å². The molecule has 0 aromatic heterocycles. The molecule has 0 saturated heterocycles. The minimum Gasteiger partial charge on any atom is -0.748 e. The SMILES string of the molecule is CCCC[C@@H](O)C#CCCCCCCCCCCCCS(=O)(=O)[O-].[Na+]. The number of rotatable bonds is 15. The fourth-order valence-electron chi connectivity index (χ4n) is 2.57. The van der Waals surface area contributed by atoms with Gasteiger partial charge in [0.25, 0.3) is 0 Å². The monoisotopic (exact) mass is 382 g/mol. The molecule has 142 valence electrons. The molecular formula is C19H35NaO4S. The van der Waals surface area contributed by atoms with Crippen molar-refractivity contribution in [1.82, 2.24) is 0 Å². The van der Waals surface area contributed by atoms with Crippen molar-refractivity contribution in [2.75, 3.05) is 5.75 Å². The minimum atomic E-state index is -4.02. The van der Waals surface area contributed by atoms with E-state index in [1.165, 1.54) is 32.1 Å². The van der Waals surface area contributed by atoms with Gasteiger partial charge in [-0.2, -0.15) is 0 Å². The molecular weight excluding hydrogens is 347 g/mol. The summed E-state index contributed by atoms with van der Waals surface area (Å²) in [7, 11) is -4.02. The first-order valence-electron chi connectivity index (χ1n) is 9.55. The second-order valence-electron chi connectivity index (χ2n) is 6.53. The summed E-state index contributed by atoms with van der Waals surface area (Å²) >= 11 is 0. The van der Waals surface area contributed by atoms with Crippen LogP contribution in [-0.4, -0.2) is 29.9 Å². The van der Waals surface area contributed by atoms with Crippen molar-refractivity contribution >= 4 is 10.1 Å².